The monoisotopic (exact) mass is 321 g/mol. The van der Waals surface area contributed by atoms with Crippen LogP contribution in [0.15, 0.2) is 56.8 Å². The van der Waals surface area contributed by atoms with E-state index in [1.54, 1.807) is 30.1 Å². The highest BCUT2D eigenvalue weighted by atomic mass is 79.9. The van der Waals surface area contributed by atoms with E-state index in [1.807, 2.05) is 36.6 Å². The maximum atomic E-state index is 9.70. The highest BCUT2D eigenvalue weighted by molar-refractivity contribution is 9.10. The normalized spacial score (nSPS) is 11.0. The molecule has 0 unspecified atom stereocenters. The van der Waals surface area contributed by atoms with Crippen LogP contribution in [-0.2, 0) is 0 Å². The second-order valence-electron chi connectivity index (χ2n) is 3.66. The molecule has 18 heavy (non-hydrogen) atoms. The van der Waals surface area contributed by atoms with Gasteiger partial charge >= 0.3 is 0 Å². The predicted molar refractivity (Wildman–Crippen MR) is 81.3 cm³/mol. The Hall–Kier alpha value is -1.26. The first-order valence-corrected chi connectivity index (χ1v) is 7.37. The fraction of sp³-hybridized carbons (Fsp3) is 0.0714. The SMILES string of the molecule is CSc1cccc(N=Cc2cc(Br)ccc2O)c1. The van der Waals surface area contributed by atoms with Crippen molar-refractivity contribution in [1.29, 1.82) is 0 Å². The van der Waals surface area contributed by atoms with Crippen LogP contribution in [0.2, 0.25) is 0 Å². The average molecular weight is 322 g/mol. The van der Waals surface area contributed by atoms with E-state index >= 15 is 0 Å². The number of phenolic OH excluding ortho intramolecular Hbond substituents is 1. The molecule has 0 atom stereocenters. The number of nitrogens with zero attached hydrogens (tertiary/aromatic N) is 1. The zero-order chi connectivity index (χ0) is 13.0. The molecule has 0 saturated carbocycles. The smallest absolute Gasteiger partial charge is 0.124 e. The minimum atomic E-state index is 0.225. The molecule has 2 aromatic rings. The van der Waals surface area contributed by atoms with Crippen LogP contribution in [0.3, 0.4) is 0 Å². The largest absolute Gasteiger partial charge is 0.507 e. The molecule has 0 heterocycles. The lowest BCUT2D eigenvalue weighted by molar-refractivity contribution is 0.474. The van der Waals surface area contributed by atoms with E-state index in [4.69, 9.17) is 0 Å². The van der Waals surface area contributed by atoms with Crippen molar-refractivity contribution in [2.75, 3.05) is 6.26 Å². The molecular formula is C14H12BrNOS. The van der Waals surface area contributed by atoms with Crippen LogP contribution in [0, 0.1) is 0 Å². The van der Waals surface area contributed by atoms with Crippen molar-refractivity contribution in [1.82, 2.24) is 0 Å². The standard InChI is InChI=1S/C14H12BrNOS/c1-18-13-4-2-3-12(8-13)16-9-10-7-11(15)5-6-14(10)17/h2-9,17H,1H3. The minimum absolute atomic E-state index is 0.225. The van der Waals surface area contributed by atoms with Crippen molar-refractivity contribution in [2.24, 2.45) is 4.99 Å². The number of benzene rings is 2. The Morgan fingerprint density at radius 1 is 1.22 bits per heavy atom. The van der Waals surface area contributed by atoms with Crippen molar-refractivity contribution >= 4 is 39.6 Å². The van der Waals surface area contributed by atoms with Crippen LogP contribution in [0.1, 0.15) is 5.56 Å². The molecule has 4 heteroatoms. The predicted octanol–water partition coefficient (Wildman–Crippen LogP) is 4.63. The van der Waals surface area contributed by atoms with Crippen LogP contribution in [0.4, 0.5) is 5.69 Å². The third kappa shape index (κ3) is 3.37. The number of aliphatic imine (C=N–C) groups is 1. The summed E-state index contributed by atoms with van der Waals surface area (Å²) in [5.41, 5.74) is 1.57. The van der Waals surface area contributed by atoms with E-state index in [2.05, 4.69) is 20.9 Å². The molecular weight excluding hydrogens is 310 g/mol. The number of hydrogen-bond donors (Lipinski definition) is 1. The third-order valence-electron chi connectivity index (χ3n) is 2.40. The van der Waals surface area contributed by atoms with Gasteiger partial charge in [-0.15, -0.1) is 11.8 Å². The average Bonchev–Trinajstić information content (AvgIpc) is 2.40. The number of aromatic hydroxyl groups is 1. The Kier molecular flexibility index (Phi) is 4.44. The summed E-state index contributed by atoms with van der Waals surface area (Å²) in [6.07, 6.45) is 3.70. The van der Waals surface area contributed by atoms with Crippen LogP contribution < -0.4 is 0 Å². The number of halogens is 1. The molecule has 0 spiro atoms. The van der Waals surface area contributed by atoms with Crippen molar-refractivity contribution in [2.45, 2.75) is 4.90 Å². The summed E-state index contributed by atoms with van der Waals surface area (Å²) in [5, 5.41) is 9.70. The molecule has 1 N–H and O–H groups in total. The Balaban J connectivity index is 2.26. The van der Waals surface area contributed by atoms with Crippen molar-refractivity contribution in [3.05, 3.63) is 52.5 Å². The van der Waals surface area contributed by atoms with E-state index < -0.39 is 0 Å². The van der Waals surface area contributed by atoms with Gasteiger partial charge in [0.15, 0.2) is 0 Å². The van der Waals surface area contributed by atoms with E-state index in [0.717, 1.165) is 10.2 Å². The molecule has 0 amide bonds. The summed E-state index contributed by atoms with van der Waals surface area (Å²) in [7, 11) is 0. The van der Waals surface area contributed by atoms with Gasteiger partial charge in [0, 0.05) is 21.1 Å². The molecule has 0 bridgehead atoms. The summed E-state index contributed by atoms with van der Waals surface area (Å²) in [6.45, 7) is 0. The summed E-state index contributed by atoms with van der Waals surface area (Å²) < 4.78 is 0.916. The molecule has 0 radical (unpaired) electrons. The van der Waals surface area contributed by atoms with E-state index in [1.165, 1.54) is 4.90 Å². The molecule has 2 rings (SSSR count). The number of hydrogen-bond acceptors (Lipinski definition) is 3. The first-order valence-electron chi connectivity index (χ1n) is 5.35. The van der Waals surface area contributed by atoms with Gasteiger partial charge in [-0.3, -0.25) is 4.99 Å². The maximum absolute atomic E-state index is 9.70. The summed E-state index contributed by atoms with van der Waals surface area (Å²) in [4.78, 5) is 5.54. The molecule has 0 fully saturated rings. The summed E-state index contributed by atoms with van der Waals surface area (Å²) >= 11 is 5.05. The van der Waals surface area contributed by atoms with Gasteiger partial charge in [-0.25, -0.2) is 0 Å². The number of thioether (sulfide) groups is 1. The van der Waals surface area contributed by atoms with Gasteiger partial charge < -0.3 is 5.11 Å². The Morgan fingerprint density at radius 3 is 2.83 bits per heavy atom. The van der Waals surface area contributed by atoms with Crippen molar-refractivity contribution < 1.29 is 5.11 Å². The van der Waals surface area contributed by atoms with Crippen molar-refractivity contribution in [3.8, 4) is 5.75 Å². The molecule has 0 aromatic heterocycles. The van der Waals surface area contributed by atoms with Gasteiger partial charge in [-0.1, -0.05) is 22.0 Å². The van der Waals surface area contributed by atoms with E-state index in [-0.39, 0.29) is 5.75 Å². The zero-order valence-electron chi connectivity index (χ0n) is 9.80. The zero-order valence-corrected chi connectivity index (χ0v) is 12.2. The lowest BCUT2D eigenvalue weighted by Gasteiger charge is -2.00. The van der Waals surface area contributed by atoms with Crippen molar-refractivity contribution in [3.63, 3.8) is 0 Å². The van der Waals surface area contributed by atoms with Crippen LogP contribution >= 0.6 is 27.7 Å². The van der Waals surface area contributed by atoms with Crippen LogP contribution in [0.25, 0.3) is 0 Å². The number of phenols is 1. The topological polar surface area (TPSA) is 32.6 Å². The Labute approximate surface area is 119 Å². The molecule has 0 saturated heterocycles. The highest BCUT2D eigenvalue weighted by Crippen LogP contribution is 2.23. The lowest BCUT2D eigenvalue weighted by Crippen LogP contribution is -1.82. The number of rotatable bonds is 3. The van der Waals surface area contributed by atoms with Crippen LogP contribution in [0.5, 0.6) is 5.75 Å². The quantitative estimate of drug-likeness (QED) is 0.660. The fourth-order valence-electron chi connectivity index (χ4n) is 1.46. The van der Waals surface area contributed by atoms with Gasteiger partial charge in [0.05, 0.1) is 5.69 Å². The van der Waals surface area contributed by atoms with Gasteiger partial charge in [-0.05, 0) is 42.7 Å². The van der Waals surface area contributed by atoms with E-state index in [0.29, 0.717) is 5.56 Å². The second kappa shape index (κ2) is 6.07. The molecule has 0 aliphatic heterocycles. The lowest BCUT2D eigenvalue weighted by atomic mass is 10.2. The second-order valence-corrected chi connectivity index (χ2v) is 5.46. The maximum Gasteiger partial charge on any atom is 0.124 e. The summed E-state index contributed by atoms with van der Waals surface area (Å²) in [5.74, 6) is 0.225. The first kappa shape index (κ1) is 13.2. The Bertz CT molecular complexity index is 584. The Morgan fingerprint density at radius 2 is 2.06 bits per heavy atom. The third-order valence-corrected chi connectivity index (χ3v) is 3.61. The molecule has 2 nitrogen and oxygen atoms in total. The summed E-state index contributed by atoms with van der Waals surface area (Å²) in [6, 6.07) is 13.2. The fourth-order valence-corrected chi connectivity index (χ4v) is 2.30. The van der Waals surface area contributed by atoms with E-state index in [9.17, 15) is 5.11 Å². The molecule has 92 valence electrons. The first-order chi connectivity index (χ1) is 8.69. The molecule has 0 aliphatic rings. The minimum Gasteiger partial charge on any atom is -0.507 e. The van der Waals surface area contributed by atoms with Gasteiger partial charge in [-0.2, -0.15) is 0 Å². The van der Waals surface area contributed by atoms with Gasteiger partial charge in [0.2, 0.25) is 0 Å². The van der Waals surface area contributed by atoms with Gasteiger partial charge in [0.25, 0.3) is 0 Å². The van der Waals surface area contributed by atoms with Crippen LogP contribution in [-0.4, -0.2) is 17.6 Å². The molecule has 2 aromatic carbocycles. The van der Waals surface area contributed by atoms with Gasteiger partial charge in [0.1, 0.15) is 5.75 Å². The highest BCUT2D eigenvalue weighted by Gasteiger charge is 1.99. The molecule has 0 aliphatic carbocycles.